The number of aliphatic hydroxyl groups excluding tert-OH is 1. The molecule has 0 amide bonds. The molecular weight excluding hydrogens is 136 g/mol. The summed E-state index contributed by atoms with van der Waals surface area (Å²) in [5.74, 6) is 0.262. The van der Waals surface area contributed by atoms with Gasteiger partial charge in [0.2, 0.25) is 0 Å². The third kappa shape index (κ3) is 0.787. The van der Waals surface area contributed by atoms with Crippen LogP contribution in [0, 0.1) is 0 Å². The number of allylic oxidation sites excluding steroid dienone is 1. The van der Waals surface area contributed by atoms with E-state index in [0.29, 0.717) is 0 Å². The van der Waals surface area contributed by atoms with Crippen molar-refractivity contribution in [3.8, 4) is 0 Å². The van der Waals surface area contributed by atoms with Crippen molar-refractivity contribution in [1.82, 2.24) is 0 Å². The first-order valence-corrected chi connectivity index (χ1v) is 3.55. The molecule has 2 rings (SSSR count). The average molecular weight is 144 g/mol. The summed E-state index contributed by atoms with van der Waals surface area (Å²) < 4.78 is 0. The van der Waals surface area contributed by atoms with E-state index in [4.69, 9.17) is 0 Å². The summed E-state index contributed by atoms with van der Waals surface area (Å²) in [4.78, 5) is 0. The van der Waals surface area contributed by atoms with E-state index in [1.165, 1.54) is 0 Å². The van der Waals surface area contributed by atoms with Crippen LogP contribution in [0.15, 0.2) is 30.0 Å². The van der Waals surface area contributed by atoms with Crippen LogP contribution in [0.25, 0.3) is 11.3 Å². The molecule has 0 atom stereocenters. The van der Waals surface area contributed by atoms with E-state index in [1.54, 1.807) is 0 Å². The molecule has 1 aliphatic carbocycles. The second-order valence-corrected chi connectivity index (χ2v) is 2.64. The topological polar surface area (TPSA) is 20.2 Å². The van der Waals surface area contributed by atoms with Gasteiger partial charge >= 0.3 is 0 Å². The fourth-order valence-corrected chi connectivity index (χ4v) is 1.33. The highest BCUT2D eigenvalue weighted by Gasteiger charge is 2.12. The third-order valence-electron chi connectivity index (χ3n) is 1.89. The Balaban J connectivity index is 2.73. The van der Waals surface area contributed by atoms with Crippen LogP contribution < -0.4 is 0 Å². The summed E-state index contributed by atoms with van der Waals surface area (Å²) >= 11 is 0. The van der Waals surface area contributed by atoms with Crippen LogP contribution in [0.3, 0.4) is 0 Å². The first-order valence-electron chi connectivity index (χ1n) is 3.55. The maximum atomic E-state index is 9.34. The molecule has 0 spiro atoms. The summed E-state index contributed by atoms with van der Waals surface area (Å²) in [5, 5.41) is 9.34. The van der Waals surface area contributed by atoms with Gasteiger partial charge in [-0.2, -0.15) is 0 Å². The molecule has 0 saturated heterocycles. The van der Waals surface area contributed by atoms with Crippen LogP contribution in [0.1, 0.15) is 18.1 Å². The third-order valence-corrected chi connectivity index (χ3v) is 1.89. The van der Waals surface area contributed by atoms with Crippen LogP contribution >= 0.6 is 0 Å². The average Bonchev–Trinajstić information content (AvgIpc) is 2.30. The van der Waals surface area contributed by atoms with E-state index in [0.717, 1.165) is 16.7 Å². The van der Waals surface area contributed by atoms with Crippen molar-refractivity contribution in [3.63, 3.8) is 0 Å². The highest BCUT2D eigenvalue weighted by atomic mass is 16.3. The highest BCUT2D eigenvalue weighted by molar-refractivity contribution is 5.84. The van der Waals surface area contributed by atoms with Gasteiger partial charge in [0.05, 0.1) is 0 Å². The van der Waals surface area contributed by atoms with Gasteiger partial charge in [-0.15, -0.1) is 0 Å². The van der Waals surface area contributed by atoms with Gasteiger partial charge in [0, 0.05) is 11.1 Å². The van der Waals surface area contributed by atoms with Gasteiger partial charge in [0.1, 0.15) is 0 Å². The molecule has 0 aromatic heterocycles. The maximum Gasteiger partial charge on any atom is 0.167 e. The summed E-state index contributed by atoms with van der Waals surface area (Å²) in [6.45, 7) is 1.95. The maximum absolute atomic E-state index is 9.34. The highest BCUT2D eigenvalue weighted by Crippen LogP contribution is 2.28. The molecule has 54 valence electrons. The fourth-order valence-electron chi connectivity index (χ4n) is 1.33. The van der Waals surface area contributed by atoms with Crippen molar-refractivity contribution >= 4 is 11.3 Å². The van der Waals surface area contributed by atoms with E-state index in [9.17, 15) is 5.11 Å². The van der Waals surface area contributed by atoms with E-state index >= 15 is 0 Å². The number of fused-ring (bicyclic) bond motifs is 1. The summed E-state index contributed by atoms with van der Waals surface area (Å²) in [5.41, 5.74) is 5.86. The predicted molar refractivity (Wildman–Crippen MR) is 45.1 cm³/mol. The van der Waals surface area contributed by atoms with Gasteiger partial charge in [0.25, 0.3) is 0 Å². The molecule has 0 unspecified atom stereocenters. The van der Waals surface area contributed by atoms with E-state index in [-0.39, 0.29) is 5.76 Å². The van der Waals surface area contributed by atoms with Gasteiger partial charge in [0.15, 0.2) is 5.76 Å². The molecule has 1 aliphatic rings. The molecule has 0 heterocycles. The lowest BCUT2D eigenvalue weighted by Crippen LogP contribution is -1.82. The van der Waals surface area contributed by atoms with Gasteiger partial charge in [-0.05, 0) is 18.6 Å². The van der Waals surface area contributed by atoms with E-state index in [1.807, 2.05) is 31.2 Å². The normalized spacial score (nSPS) is 13.9. The molecule has 0 saturated carbocycles. The van der Waals surface area contributed by atoms with Crippen molar-refractivity contribution in [2.75, 3.05) is 0 Å². The Labute approximate surface area is 65.3 Å². The first-order chi connectivity index (χ1) is 5.29. The van der Waals surface area contributed by atoms with Crippen LogP contribution in [-0.4, -0.2) is 5.11 Å². The fraction of sp³-hybridized carbons (Fsp3) is 0.100. The standard InChI is InChI=1S/C10H8O/c1-7-6-10(11)9-5-3-2-4-8(7)9/h2-5,11H,1H3. The number of rotatable bonds is 0. The van der Waals surface area contributed by atoms with Crippen molar-refractivity contribution in [2.24, 2.45) is 0 Å². The summed E-state index contributed by atoms with van der Waals surface area (Å²) in [7, 11) is 0. The lowest BCUT2D eigenvalue weighted by molar-refractivity contribution is 0.514. The zero-order valence-electron chi connectivity index (χ0n) is 6.26. The second kappa shape index (κ2) is 2.01. The predicted octanol–water partition coefficient (Wildman–Crippen LogP) is 2.60. The quantitative estimate of drug-likeness (QED) is 0.555. The molecule has 1 heteroatoms. The number of benzene rings is 1. The summed E-state index contributed by atoms with van der Waals surface area (Å²) in [6.07, 6.45) is 0. The molecule has 0 aliphatic heterocycles. The molecule has 0 radical (unpaired) electrons. The molecule has 1 aromatic carbocycles. The number of aliphatic hydroxyl groups is 1. The Kier molecular flexibility index (Phi) is 1.14. The molecule has 1 aromatic rings. The molecular formula is C10H8O. The number of hydrogen-bond donors (Lipinski definition) is 1. The van der Waals surface area contributed by atoms with Crippen molar-refractivity contribution in [3.05, 3.63) is 41.1 Å². The SMILES string of the molecule is CC1=C=C(O)c2ccccc21. The van der Waals surface area contributed by atoms with Crippen LogP contribution in [0.5, 0.6) is 0 Å². The van der Waals surface area contributed by atoms with Crippen LogP contribution in [0.2, 0.25) is 0 Å². The van der Waals surface area contributed by atoms with E-state index in [2.05, 4.69) is 5.73 Å². The molecule has 1 nitrogen and oxygen atoms in total. The molecule has 1 N–H and O–H groups in total. The Bertz CT molecular complexity index is 335. The lowest BCUT2D eigenvalue weighted by atomic mass is 10.1. The Morgan fingerprint density at radius 2 is 1.82 bits per heavy atom. The molecule has 0 fully saturated rings. The van der Waals surface area contributed by atoms with Gasteiger partial charge in [-0.1, -0.05) is 23.9 Å². The van der Waals surface area contributed by atoms with Crippen molar-refractivity contribution in [2.45, 2.75) is 6.92 Å². The van der Waals surface area contributed by atoms with Crippen molar-refractivity contribution in [1.29, 1.82) is 0 Å². The Hall–Kier alpha value is -1.46. The minimum Gasteiger partial charge on any atom is -0.501 e. The number of hydrogen-bond acceptors (Lipinski definition) is 1. The smallest absolute Gasteiger partial charge is 0.167 e. The zero-order valence-corrected chi connectivity index (χ0v) is 6.26. The monoisotopic (exact) mass is 144 g/mol. The lowest BCUT2D eigenvalue weighted by Gasteiger charge is -1.98. The zero-order chi connectivity index (χ0) is 7.84. The minimum absolute atomic E-state index is 0.262. The first kappa shape index (κ1) is 6.26. The van der Waals surface area contributed by atoms with Crippen molar-refractivity contribution < 1.29 is 5.11 Å². The van der Waals surface area contributed by atoms with Crippen LogP contribution in [0.4, 0.5) is 0 Å². The molecule has 0 bridgehead atoms. The van der Waals surface area contributed by atoms with Gasteiger partial charge < -0.3 is 5.11 Å². The largest absolute Gasteiger partial charge is 0.501 e. The Morgan fingerprint density at radius 3 is 2.45 bits per heavy atom. The molecule has 11 heavy (non-hydrogen) atoms. The Morgan fingerprint density at radius 1 is 1.18 bits per heavy atom. The summed E-state index contributed by atoms with van der Waals surface area (Å²) in [6, 6.07) is 7.76. The van der Waals surface area contributed by atoms with Gasteiger partial charge in [-0.25, -0.2) is 0 Å². The minimum atomic E-state index is 0.262. The van der Waals surface area contributed by atoms with Gasteiger partial charge in [-0.3, -0.25) is 0 Å². The van der Waals surface area contributed by atoms with Crippen LogP contribution in [-0.2, 0) is 0 Å². The second-order valence-electron chi connectivity index (χ2n) is 2.64. The van der Waals surface area contributed by atoms with E-state index < -0.39 is 0 Å².